The van der Waals surface area contributed by atoms with E-state index >= 15 is 0 Å². The molecule has 1 heterocycles. The highest BCUT2D eigenvalue weighted by atomic mass is 35.5. The third-order valence-corrected chi connectivity index (χ3v) is 5.15. The zero-order valence-electron chi connectivity index (χ0n) is 13.2. The van der Waals surface area contributed by atoms with E-state index in [4.69, 9.17) is 11.6 Å². The van der Waals surface area contributed by atoms with Crippen molar-refractivity contribution in [2.24, 2.45) is 0 Å². The number of nitrogens with one attached hydrogen (secondary N) is 1. The minimum atomic E-state index is -0.0663. The third-order valence-electron chi connectivity index (χ3n) is 3.73. The van der Waals surface area contributed by atoms with Gasteiger partial charge in [-0.3, -0.25) is 4.79 Å². The van der Waals surface area contributed by atoms with Crippen molar-refractivity contribution in [1.82, 2.24) is 10.3 Å². The van der Waals surface area contributed by atoms with Crippen LogP contribution in [-0.4, -0.2) is 16.6 Å². The molecule has 1 N–H and O–H groups in total. The van der Waals surface area contributed by atoms with Crippen molar-refractivity contribution in [2.45, 2.75) is 18.0 Å². The highest BCUT2D eigenvalue weighted by Gasteiger charge is 2.13. The molecule has 1 unspecified atom stereocenters. The second kappa shape index (κ2) is 7.69. The van der Waals surface area contributed by atoms with Gasteiger partial charge >= 0.3 is 0 Å². The Labute approximate surface area is 150 Å². The van der Waals surface area contributed by atoms with Crippen molar-refractivity contribution in [3.8, 4) is 0 Å². The smallest absolute Gasteiger partial charge is 0.230 e. The van der Waals surface area contributed by atoms with Crippen molar-refractivity contribution in [3.63, 3.8) is 0 Å². The summed E-state index contributed by atoms with van der Waals surface area (Å²) in [6.45, 7) is 2.00. The molecule has 0 saturated carbocycles. The molecule has 3 rings (SSSR count). The van der Waals surface area contributed by atoms with E-state index in [0.717, 1.165) is 10.9 Å². The fraction of sp³-hybridized carbons (Fsp3) is 0.158. The molecule has 1 amide bonds. The van der Waals surface area contributed by atoms with Crippen LogP contribution in [0.5, 0.6) is 0 Å². The largest absolute Gasteiger partial charge is 0.349 e. The summed E-state index contributed by atoms with van der Waals surface area (Å²) in [6, 6.07) is 17.8. The topological polar surface area (TPSA) is 42.0 Å². The first-order valence-corrected chi connectivity index (χ1v) is 9.02. The minimum absolute atomic E-state index is 0.0397. The zero-order valence-corrected chi connectivity index (χ0v) is 14.8. The summed E-state index contributed by atoms with van der Waals surface area (Å²) in [5, 5.41) is 6.62. The Bertz CT molecular complexity index is 863. The van der Waals surface area contributed by atoms with Gasteiger partial charge in [0.25, 0.3) is 0 Å². The molecule has 0 fully saturated rings. The number of carbonyl (C=O) groups excluding carboxylic acids is 1. The number of carbonyl (C=O) groups is 1. The van der Waals surface area contributed by atoms with Crippen LogP contribution >= 0.6 is 23.4 Å². The summed E-state index contributed by atoms with van der Waals surface area (Å²) in [5.74, 6) is 0.244. The number of pyridine rings is 1. The van der Waals surface area contributed by atoms with Gasteiger partial charge in [-0.2, -0.15) is 0 Å². The molecule has 0 aliphatic carbocycles. The van der Waals surface area contributed by atoms with Crippen LogP contribution in [0, 0.1) is 0 Å². The number of nitrogens with zero attached hydrogens (tertiary/aromatic N) is 1. The normalized spacial score (nSPS) is 12.1. The van der Waals surface area contributed by atoms with Crippen molar-refractivity contribution in [3.05, 3.63) is 71.4 Å². The summed E-state index contributed by atoms with van der Waals surface area (Å²) in [7, 11) is 0. The number of thioether (sulfide) groups is 1. The Kier molecular flexibility index (Phi) is 5.38. The Hall–Kier alpha value is -2.04. The molecule has 5 heteroatoms. The second-order valence-corrected chi connectivity index (χ2v) is 6.81. The van der Waals surface area contributed by atoms with Gasteiger partial charge in [-0.25, -0.2) is 4.98 Å². The van der Waals surface area contributed by atoms with Gasteiger partial charge < -0.3 is 5.32 Å². The third kappa shape index (κ3) is 3.89. The number of amides is 1. The number of benzene rings is 2. The van der Waals surface area contributed by atoms with E-state index in [2.05, 4.69) is 34.6 Å². The number of halogens is 1. The van der Waals surface area contributed by atoms with E-state index in [0.29, 0.717) is 10.0 Å². The molecule has 1 atom stereocenters. The quantitative estimate of drug-likeness (QED) is 0.664. The molecule has 3 nitrogen and oxygen atoms in total. The van der Waals surface area contributed by atoms with Crippen LogP contribution in [0.3, 0.4) is 0 Å². The number of hydrogen-bond acceptors (Lipinski definition) is 3. The van der Waals surface area contributed by atoms with Gasteiger partial charge in [0.05, 0.1) is 16.8 Å². The number of hydrogen-bond donors (Lipinski definition) is 1. The lowest BCUT2D eigenvalue weighted by Gasteiger charge is -2.16. The highest BCUT2D eigenvalue weighted by Crippen LogP contribution is 2.26. The van der Waals surface area contributed by atoms with E-state index < -0.39 is 0 Å². The lowest BCUT2D eigenvalue weighted by atomic mass is 10.00. The monoisotopic (exact) mass is 356 g/mol. The molecule has 0 radical (unpaired) electrons. The van der Waals surface area contributed by atoms with Crippen LogP contribution in [0.15, 0.2) is 65.8 Å². The molecule has 1 aromatic heterocycles. The van der Waals surface area contributed by atoms with E-state index in [-0.39, 0.29) is 17.7 Å². The van der Waals surface area contributed by atoms with Crippen LogP contribution in [0.25, 0.3) is 10.8 Å². The number of fused-ring (bicyclic) bond motifs is 1. The average Bonchev–Trinajstić information content (AvgIpc) is 2.60. The van der Waals surface area contributed by atoms with Gasteiger partial charge in [0.1, 0.15) is 5.03 Å². The molecule has 2 aromatic carbocycles. The molecule has 3 aromatic rings. The van der Waals surface area contributed by atoms with Crippen LogP contribution in [0.4, 0.5) is 0 Å². The van der Waals surface area contributed by atoms with Crippen molar-refractivity contribution < 1.29 is 4.79 Å². The summed E-state index contributed by atoms with van der Waals surface area (Å²) in [6.07, 6.45) is 1.67. The molecule has 24 heavy (non-hydrogen) atoms. The maximum absolute atomic E-state index is 12.2. The van der Waals surface area contributed by atoms with Gasteiger partial charge in [-0.05, 0) is 35.4 Å². The predicted octanol–water partition coefficient (Wildman–Crippen LogP) is 4.86. The Morgan fingerprint density at radius 3 is 2.79 bits per heavy atom. The van der Waals surface area contributed by atoms with Gasteiger partial charge in [0.2, 0.25) is 5.91 Å². The first-order valence-electron chi connectivity index (χ1n) is 7.65. The van der Waals surface area contributed by atoms with Gasteiger partial charge in [-0.15, -0.1) is 0 Å². The summed E-state index contributed by atoms with van der Waals surface area (Å²) in [5.41, 5.74) is 1.11. The van der Waals surface area contributed by atoms with Gasteiger partial charge in [-0.1, -0.05) is 65.8 Å². The van der Waals surface area contributed by atoms with E-state index in [1.807, 2.05) is 25.1 Å². The fourth-order valence-electron chi connectivity index (χ4n) is 2.60. The van der Waals surface area contributed by atoms with Gasteiger partial charge in [0.15, 0.2) is 0 Å². The minimum Gasteiger partial charge on any atom is -0.349 e. The summed E-state index contributed by atoms with van der Waals surface area (Å²) < 4.78 is 0. The molecule has 0 spiro atoms. The van der Waals surface area contributed by atoms with E-state index in [1.54, 1.807) is 18.3 Å². The summed E-state index contributed by atoms with van der Waals surface area (Å²) in [4.78, 5) is 16.4. The maximum atomic E-state index is 12.2. The van der Waals surface area contributed by atoms with E-state index in [9.17, 15) is 4.79 Å². The number of aromatic nitrogens is 1. The number of rotatable bonds is 5. The maximum Gasteiger partial charge on any atom is 0.230 e. The predicted molar refractivity (Wildman–Crippen MR) is 100 cm³/mol. The molecule has 122 valence electrons. The fourth-order valence-corrected chi connectivity index (χ4v) is 3.58. The SMILES string of the molecule is CC(NC(=O)CSc1ncccc1Cl)c1cccc2ccccc12. The molecular weight excluding hydrogens is 340 g/mol. The van der Waals surface area contributed by atoms with Crippen molar-refractivity contribution in [2.75, 3.05) is 5.75 Å². The van der Waals surface area contributed by atoms with Crippen molar-refractivity contribution >= 4 is 40.0 Å². The second-order valence-electron chi connectivity index (χ2n) is 5.44. The van der Waals surface area contributed by atoms with Crippen LogP contribution in [-0.2, 0) is 4.79 Å². The Morgan fingerprint density at radius 2 is 1.96 bits per heavy atom. The molecular formula is C19H17ClN2OS. The van der Waals surface area contributed by atoms with Crippen LogP contribution in [0.2, 0.25) is 5.02 Å². The van der Waals surface area contributed by atoms with Gasteiger partial charge in [0, 0.05) is 6.20 Å². The molecule has 0 aliphatic rings. The highest BCUT2D eigenvalue weighted by molar-refractivity contribution is 8.00. The lowest BCUT2D eigenvalue weighted by molar-refractivity contribution is -0.119. The average molecular weight is 357 g/mol. The molecule has 0 bridgehead atoms. The van der Waals surface area contributed by atoms with Crippen LogP contribution in [0.1, 0.15) is 18.5 Å². The first kappa shape index (κ1) is 16.8. The van der Waals surface area contributed by atoms with E-state index in [1.165, 1.54) is 17.1 Å². The lowest BCUT2D eigenvalue weighted by Crippen LogP contribution is -2.28. The zero-order chi connectivity index (χ0) is 16.9. The standard InChI is InChI=1S/C19H17ClN2OS/c1-13(15-9-4-7-14-6-2-3-8-16(14)15)22-18(23)12-24-19-17(20)10-5-11-21-19/h2-11,13H,12H2,1H3,(H,22,23). The van der Waals surface area contributed by atoms with Crippen LogP contribution < -0.4 is 5.32 Å². The molecule has 0 aliphatic heterocycles. The summed E-state index contributed by atoms with van der Waals surface area (Å²) >= 11 is 7.40. The molecule has 0 saturated heterocycles. The van der Waals surface area contributed by atoms with Crippen molar-refractivity contribution in [1.29, 1.82) is 0 Å². The first-order chi connectivity index (χ1) is 11.6. The Morgan fingerprint density at radius 1 is 1.17 bits per heavy atom. The Balaban J connectivity index is 1.67.